The highest BCUT2D eigenvalue weighted by molar-refractivity contribution is 8.00. The highest BCUT2D eigenvalue weighted by atomic mass is 32.2. The Bertz CT molecular complexity index is 2140. The second-order valence-corrected chi connectivity index (χ2v) is 15.3. The minimum absolute atomic E-state index is 0.00585. The second-order valence-electron chi connectivity index (χ2n) is 13.1. The number of fused-ring (bicyclic) bond motifs is 2. The van der Waals surface area contributed by atoms with Crippen LogP contribution in [0.2, 0.25) is 0 Å². The molecule has 1 fully saturated rings. The highest BCUT2D eigenvalue weighted by Crippen LogP contribution is 2.46. The molecule has 1 saturated heterocycles. The van der Waals surface area contributed by atoms with Crippen LogP contribution in [-0.4, -0.2) is 46.3 Å². The van der Waals surface area contributed by atoms with E-state index in [-0.39, 0.29) is 22.6 Å². The Morgan fingerprint density at radius 3 is 2.67 bits per heavy atom. The lowest BCUT2D eigenvalue weighted by Gasteiger charge is -2.24. The SMILES string of the molecule is CCOc1cc([C@H]2C(=C(O)c3ccc4c(c3)C[C@H](C)O4)C(=O)C(=O)N2c2nnc(SCc3cccc4ccccc34)s2)ccc1OCCC(C)C. The van der Waals surface area contributed by atoms with E-state index in [0.717, 1.165) is 34.1 Å². The van der Waals surface area contributed by atoms with E-state index in [4.69, 9.17) is 14.2 Å². The average molecular weight is 722 g/mol. The van der Waals surface area contributed by atoms with Crippen molar-refractivity contribution in [2.75, 3.05) is 18.1 Å². The van der Waals surface area contributed by atoms with Crippen LogP contribution in [0.3, 0.4) is 0 Å². The number of ether oxygens (including phenoxy) is 3. The summed E-state index contributed by atoms with van der Waals surface area (Å²) >= 11 is 2.75. The van der Waals surface area contributed by atoms with E-state index >= 15 is 0 Å². The smallest absolute Gasteiger partial charge is 0.301 e. The number of hydrogen-bond donors (Lipinski definition) is 1. The third-order valence-corrected chi connectivity index (χ3v) is 11.1. The maximum absolute atomic E-state index is 14.0. The number of nitrogens with zero attached hydrogens (tertiary/aromatic N) is 3. The maximum atomic E-state index is 14.0. The number of hydrogen-bond acceptors (Lipinski definition) is 10. The molecular weight excluding hydrogens is 683 g/mol. The fourth-order valence-corrected chi connectivity index (χ4v) is 8.34. The molecule has 4 aromatic carbocycles. The minimum Gasteiger partial charge on any atom is -0.507 e. The van der Waals surface area contributed by atoms with Crippen LogP contribution in [0.5, 0.6) is 17.2 Å². The number of anilines is 1. The Hall–Kier alpha value is -4.87. The number of aliphatic hydroxyl groups excluding tert-OH is 1. The molecular formula is C40H39N3O6S2. The quantitative estimate of drug-likeness (QED) is 0.0445. The third-order valence-electron chi connectivity index (χ3n) is 8.98. The van der Waals surface area contributed by atoms with Crippen molar-refractivity contribution in [1.82, 2.24) is 10.2 Å². The molecule has 0 radical (unpaired) electrons. The van der Waals surface area contributed by atoms with Crippen molar-refractivity contribution in [2.45, 2.75) is 62.8 Å². The molecule has 0 spiro atoms. The van der Waals surface area contributed by atoms with Crippen LogP contribution in [-0.2, 0) is 21.8 Å². The summed E-state index contributed by atoms with van der Waals surface area (Å²) in [5, 5.41) is 23.3. The van der Waals surface area contributed by atoms with Gasteiger partial charge in [0, 0.05) is 17.7 Å². The van der Waals surface area contributed by atoms with Crippen molar-refractivity contribution < 1.29 is 28.9 Å². The molecule has 1 aromatic heterocycles. The van der Waals surface area contributed by atoms with Gasteiger partial charge in [0.25, 0.3) is 5.78 Å². The van der Waals surface area contributed by atoms with Gasteiger partial charge in [0.15, 0.2) is 15.8 Å². The van der Waals surface area contributed by atoms with Crippen molar-refractivity contribution in [1.29, 1.82) is 0 Å². The van der Waals surface area contributed by atoms with Crippen molar-refractivity contribution in [3.63, 3.8) is 0 Å². The second kappa shape index (κ2) is 14.8. The van der Waals surface area contributed by atoms with Crippen molar-refractivity contribution >= 4 is 56.5 Å². The van der Waals surface area contributed by atoms with E-state index in [1.54, 1.807) is 30.3 Å². The molecule has 1 N–H and O–H groups in total. The Labute approximate surface area is 305 Å². The first-order chi connectivity index (χ1) is 24.7. The average Bonchev–Trinajstić information content (AvgIpc) is 3.82. The summed E-state index contributed by atoms with van der Waals surface area (Å²) in [6.45, 7) is 9.03. The predicted molar refractivity (Wildman–Crippen MR) is 201 cm³/mol. The number of Topliss-reactive ketones (excluding diaryl/α,β-unsaturated/α-hetero) is 1. The van der Waals surface area contributed by atoms with E-state index in [2.05, 4.69) is 48.3 Å². The molecule has 11 heteroatoms. The van der Waals surface area contributed by atoms with Crippen LogP contribution in [0, 0.1) is 5.92 Å². The number of carbonyl (C=O) groups excluding carboxylic acids is 2. The topological polar surface area (TPSA) is 111 Å². The fourth-order valence-electron chi connectivity index (χ4n) is 6.47. The predicted octanol–water partition coefficient (Wildman–Crippen LogP) is 8.76. The Morgan fingerprint density at radius 2 is 1.84 bits per heavy atom. The van der Waals surface area contributed by atoms with E-state index in [9.17, 15) is 14.7 Å². The summed E-state index contributed by atoms with van der Waals surface area (Å²) in [5.74, 6) is 1.03. The standard InChI is InChI=1S/C40H39N3O6S2/c1-5-47-33-21-26(13-16-32(33)48-18-17-23(2)3)35-34(36(44)27-14-15-31-29(20-27)19-24(4)49-31)37(45)38(46)43(35)39-41-42-40(51-39)50-22-28-11-8-10-25-9-6-7-12-30(25)28/h6-16,20-21,23-24,35,44H,5,17-19,22H2,1-4H3/t24-,35-/m0/s1. The number of rotatable bonds is 12. The molecule has 1 amide bonds. The van der Waals surface area contributed by atoms with Crippen LogP contribution in [0.1, 0.15) is 62.4 Å². The molecule has 0 aliphatic carbocycles. The lowest BCUT2D eigenvalue weighted by Crippen LogP contribution is -2.29. The number of aliphatic hydroxyl groups is 1. The molecule has 2 aliphatic rings. The normalized spacial score (nSPS) is 18.0. The summed E-state index contributed by atoms with van der Waals surface area (Å²) in [7, 11) is 0. The number of aromatic nitrogens is 2. The first-order valence-electron chi connectivity index (χ1n) is 17.1. The lowest BCUT2D eigenvalue weighted by molar-refractivity contribution is -0.132. The Morgan fingerprint density at radius 1 is 1.02 bits per heavy atom. The van der Waals surface area contributed by atoms with Gasteiger partial charge in [-0.1, -0.05) is 85.5 Å². The van der Waals surface area contributed by atoms with E-state index in [1.807, 2.05) is 38.1 Å². The molecule has 262 valence electrons. The largest absolute Gasteiger partial charge is 0.507 e. The van der Waals surface area contributed by atoms with E-state index < -0.39 is 17.7 Å². The summed E-state index contributed by atoms with van der Waals surface area (Å²) in [6, 6.07) is 24.1. The van der Waals surface area contributed by atoms with E-state index in [0.29, 0.717) is 58.3 Å². The molecule has 2 aliphatic heterocycles. The number of thioether (sulfide) groups is 1. The van der Waals surface area contributed by atoms with Crippen LogP contribution < -0.4 is 19.1 Å². The van der Waals surface area contributed by atoms with Gasteiger partial charge in [-0.05, 0) is 84.0 Å². The number of ketones is 1. The van der Waals surface area contributed by atoms with Crippen LogP contribution in [0.4, 0.5) is 5.13 Å². The maximum Gasteiger partial charge on any atom is 0.301 e. The van der Waals surface area contributed by atoms with Gasteiger partial charge in [-0.25, -0.2) is 0 Å². The van der Waals surface area contributed by atoms with Gasteiger partial charge in [0.1, 0.15) is 17.6 Å². The van der Waals surface area contributed by atoms with Crippen LogP contribution in [0.25, 0.3) is 16.5 Å². The van der Waals surface area contributed by atoms with Gasteiger partial charge < -0.3 is 19.3 Å². The third kappa shape index (κ3) is 7.05. The van der Waals surface area contributed by atoms with Crippen LogP contribution in [0.15, 0.2) is 88.8 Å². The molecule has 0 unspecified atom stereocenters. The van der Waals surface area contributed by atoms with Gasteiger partial charge in [-0.2, -0.15) is 0 Å². The molecule has 9 nitrogen and oxygen atoms in total. The summed E-state index contributed by atoms with van der Waals surface area (Å²) in [5.41, 5.74) is 3.04. The lowest BCUT2D eigenvalue weighted by atomic mass is 9.94. The van der Waals surface area contributed by atoms with Gasteiger partial charge in [-0.3, -0.25) is 14.5 Å². The molecule has 0 bridgehead atoms. The highest BCUT2D eigenvalue weighted by Gasteiger charge is 2.48. The molecule has 51 heavy (non-hydrogen) atoms. The van der Waals surface area contributed by atoms with Crippen LogP contribution >= 0.6 is 23.1 Å². The zero-order valence-electron chi connectivity index (χ0n) is 28.9. The Balaban J connectivity index is 1.27. The molecule has 0 saturated carbocycles. The molecule has 5 aromatic rings. The number of carbonyl (C=O) groups is 2. The summed E-state index contributed by atoms with van der Waals surface area (Å²) < 4.78 is 18.6. The first-order valence-corrected chi connectivity index (χ1v) is 19.0. The van der Waals surface area contributed by atoms with Crippen molar-refractivity contribution in [3.8, 4) is 17.2 Å². The first kappa shape index (κ1) is 34.6. The zero-order chi connectivity index (χ0) is 35.6. The molecule has 7 rings (SSSR count). The van der Waals surface area contributed by atoms with Gasteiger partial charge >= 0.3 is 5.91 Å². The molecule has 3 heterocycles. The van der Waals surface area contributed by atoms with Gasteiger partial charge in [-0.15, -0.1) is 10.2 Å². The monoisotopic (exact) mass is 721 g/mol. The van der Waals surface area contributed by atoms with Crippen molar-refractivity contribution in [2.24, 2.45) is 5.92 Å². The van der Waals surface area contributed by atoms with Gasteiger partial charge in [0.05, 0.1) is 24.8 Å². The van der Waals surface area contributed by atoms with Crippen molar-refractivity contribution in [3.05, 3.63) is 107 Å². The van der Waals surface area contributed by atoms with Gasteiger partial charge in [0.2, 0.25) is 5.13 Å². The fraction of sp³-hybridized carbons (Fsp3) is 0.300. The zero-order valence-corrected chi connectivity index (χ0v) is 30.6. The summed E-state index contributed by atoms with van der Waals surface area (Å²) in [6.07, 6.45) is 1.55. The number of benzene rings is 4. The minimum atomic E-state index is -0.999. The Kier molecular flexibility index (Phi) is 10.0. The molecule has 2 atom stereocenters. The summed E-state index contributed by atoms with van der Waals surface area (Å²) in [4.78, 5) is 29.3. The van der Waals surface area contributed by atoms with E-state index in [1.165, 1.54) is 28.0 Å². The number of amides is 1.